The first-order valence-electron chi connectivity index (χ1n) is 6.28. The maximum atomic E-state index is 11.7. The molecule has 1 fully saturated rings. The lowest BCUT2D eigenvalue weighted by Crippen LogP contribution is -2.35. The highest BCUT2D eigenvalue weighted by Crippen LogP contribution is 2.13. The van der Waals surface area contributed by atoms with E-state index in [1.807, 2.05) is 10.8 Å². The van der Waals surface area contributed by atoms with Crippen molar-refractivity contribution in [2.45, 2.75) is 25.8 Å². The Balaban J connectivity index is 1.60. The molecule has 0 spiro atoms. The van der Waals surface area contributed by atoms with Crippen molar-refractivity contribution in [3.8, 4) is 0 Å². The molecular formula is C12H20N4O. The third kappa shape index (κ3) is 4.19. The van der Waals surface area contributed by atoms with Crippen molar-refractivity contribution in [1.29, 1.82) is 0 Å². The Morgan fingerprint density at radius 3 is 3.24 bits per heavy atom. The Hall–Kier alpha value is -1.36. The minimum atomic E-state index is 0.166. The second-order valence-electron chi connectivity index (χ2n) is 4.57. The number of amides is 1. The highest BCUT2D eigenvalue weighted by Gasteiger charge is 2.16. The molecule has 0 radical (unpaired) electrons. The van der Waals surface area contributed by atoms with Crippen LogP contribution in [-0.4, -0.2) is 35.1 Å². The van der Waals surface area contributed by atoms with Gasteiger partial charge in [-0.05, 0) is 31.8 Å². The molecule has 1 unspecified atom stereocenters. The first-order valence-corrected chi connectivity index (χ1v) is 6.28. The van der Waals surface area contributed by atoms with Gasteiger partial charge in [0.05, 0.1) is 6.33 Å². The molecule has 1 saturated heterocycles. The second kappa shape index (κ2) is 6.39. The van der Waals surface area contributed by atoms with Crippen molar-refractivity contribution in [1.82, 2.24) is 20.2 Å². The Labute approximate surface area is 102 Å². The summed E-state index contributed by atoms with van der Waals surface area (Å²) >= 11 is 0. The van der Waals surface area contributed by atoms with E-state index in [-0.39, 0.29) is 5.91 Å². The number of imidazole rings is 1. The van der Waals surface area contributed by atoms with Gasteiger partial charge in [-0.15, -0.1) is 0 Å². The molecule has 0 bridgehead atoms. The normalized spacial score (nSPS) is 20.1. The number of rotatable bonds is 5. The van der Waals surface area contributed by atoms with Gasteiger partial charge in [-0.3, -0.25) is 4.79 Å². The van der Waals surface area contributed by atoms with Gasteiger partial charge in [0.15, 0.2) is 0 Å². The monoisotopic (exact) mass is 236 g/mol. The number of carbonyl (C=O) groups excluding carboxylic acids is 1. The van der Waals surface area contributed by atoms with E-state index >= 15 is 0 Å². The Morgan fingerprint density at radius 2 is 2.53 bits per heavy atom. The third-order valence-electron chi connectivity index (χ3n) is 3.12. The fraction of sp³-hybridized carbons (Fsp3) is 0.667. The zero-order valence-electron chi connectivity index (χ0n) is 10.1. The van der Waals surface area contributed by atoms with Crippen LogP contribution in [0.4, 0.5) is 0 Å². The first kappa shape index (κ1) is 12.1. The lowest BCUT2D eigenvalue weighted by molar-refractivity contribution is -0.122. The predicted octanol–water partition coefficient (Wildman–Crippen LogP) is 0.389. The van der Waals surface area contributed by atoms with Crippen LogP contribution in [0.3, 0.4) is 0 Å². The Bertz CT molecular complexity index is 330. The van der Waals surface area contributed by atoms with Gasteiger partial charge in [0.2, 0.25) is 5.91 Å². The molecule has 5 heteroatoms. The van der Waals surface area contributed by atoms with Gasteiger partial charge in [0.25, 0.3) is 0 Å². The van der Waals surface area contributed by atoms with Crippen LogP contribution in [0.25, 0.3) is 0 Å². The molecule has 94 valence electrons. The molecule has 17 heavy (non-hydrogen) atoms. The second-order valence-corrected chi connectivity index (χ2v) is 4.57. The molecule has 1 atom stereocenters. The summed E-state index contributed by atoms with van der Waals surface area (Å²) in [4.78, 5) is 15.6. The summed E-state index contributed by atoms with van der Waals surface area (Å²) < 4.78 is 1.96. The van der Waals surface area contributed by atoms with Gasteiger partial charge in [0.1, 0.15) is 0 Å². The molecule has 0 saturated carbocycles. The highest BCUT2D eigenvalue weighted by molar-refractivity contribution is 5.76. The fourth-order valence-corrected chi connectivity index (χ4v) is 2.18. The fourth-order valence-electron chi connectivity index (χ4n) is 2.18. The number of hydrogen-bond acceptors (Lipinski definition) is 3. The summed E-state index contributed by atoms with van der Waals surface area (Å²) in [5.41, 5.74) is 0. The number of hydrogen-bond donors (Lipinski definition) is 2. The van der Waals surface area contributed by atoms with E-state index in [1.54, 1.807) is 12.5 Å². The van der Waals surface area contributed by atoms with Gasteiger partial charge >= 0.3 is 0 Å². The van der Waals surface area contributed by atoms with Crippen LogP contribution < -0.4 is 10.6 Å². The van der Waals surface area contributed by atoms with Crippen LogP contribution in [-0.2, 0) is 11.3 Å². The van der Waals surface area contributed by atoms with Gasteiger partial charge in [-0.2, -0.15) is 0 Å². The summed E-state index contributed by atoms with van der Waals surface area (Å²) in [6.45, 7) is 3.54. The molecule has 1 aromatic heterocycles. The summed E-state index contributed by atoms with van der Waals surface area (Å²) in [5.74, 6) is 0.677. The van der Waals surface area contributed by atoms with Crippen molar-refractivity contribution in [2.75, 3.05) is 19.6 Å². The average Bonchev–Trinajstić information content (AvgIpc) is 2.83. The molecule has 1 aromatic rings. The van der Waals surface area contributed by atoms with Gasteiger partial charge in [-0.1, -0.05) is 0 Å². The number of nitrogens with zero attached hydrogens (tertiary/aromatic N) is 2. The number of nitrogens with one attached hydrogen (secondary N) is 2. The summed E-state index contributed by atoms with van der Waals surface area (Å²) in [5, 5.41) is 6.28. The molecule has 2 heterocycles. The first-order chi connectivity index (χ1) is 8.34. The van der Waals surface area contributed by atoms with E-state index in [2.05, 4.69) is 15.6 Å². The van der Waals surface area contributed by atoms with E-state index in [9.17, 15) is 4.79 Å². The molecule has 2 N–H and O–H groups in total. The Morgan fingerprint density at radius 1 is 1.59 bits per heavy atom. The van der Waals surface area contributed by atoms with E-state index in [1.165, 1.54) is 12.8 Å². The number of aromatic nitrogens is 2. The van der Waals surface area contributed by atoms with Crippen LogP contribution in [0, 0.1) is 5.92 Å². The van der Waals surface area contributed by atoms with Crippen LogP contribution >= 0.6 is 0 Å². The SMILES string of the molecule is O=C(CC1CCCNC1)NCCn1ccnc1. The van der Waals surface area contributed by atoms with E-state index in [4.69, 9.17) is 0 Å². The molecular weight excluding hydrogens is 216 g/mol. The molecule has 0 aromatic carbocycles. The lowest BCUT2D eigenvalue weighted by atomic mass is 9.96. The topological polar surface area (TPSA) is 59.0 Å². The summed E-state index contributed by atoms with van der Waals surface area (Å²) in [6.07, 6.45) is 8.41. The molecule has 1 amide bonds. The maximum Gasteiger partial charge on any atom is 0.220 e. The predicted molar refractivity (Wildman–Crippen MR) is 65.4 cm³/mol. The van der Waals surface area contributed by atoms with Gasteiger partial charge in [-0.25, -0.2) is 4.98 Å². The minimum Gasteiger partial charge on any atom is -0.354 e. The summed E-state index contributed by atoms with van der Waals surface area (Å²) in [7, 11) is 0. The van der Waals surface area contributed by atoms with Crippen molar-refractivity contribution >= 4 is 5.91 Å². The largest absolute Gasteiger partial charge is 0.354 e. The Kier molecular flexibility index (Phi) is 4.55. The smallest absolute Gasteiger partial charge is 0.220 e. The third-order valence-corrected chi connectivity index (χ3v) is 3.12. The van der Waals surface area contributed by atoms with Crippen LogP contribution in [0.15, 0.2) is 18.7 Å². The van der Waals surface area contributed by atoms with E-state index in [0.717, 1.165) is 19.6 Å². The highest BCUT2D eigenvalue weighted by atomic mass is 16.1. The quantitative estimate of drug-likeness (QED) is 0.777. The zero-order valence-corrected chi connectivity index (χ0v) is 10.1. The van der Waals surface area contributed by atoms with E-state index < -0.39 is 0 Å². The minimum absolute atomic E-state index is 0.166. The summed E-state index contributed by atoms with van der Waals surface area (Å²) in [6, 6.07) is 0. The molecule has 0 aliphatic carbocycles. The lowest BCUT2D eigenvalue weighted by Gasteiger charge is -2.22. The van der Waals surface area contributed by atoms with Crippen LogP contribution in [0.5, 0.6) is 0 Å². The molecule has 5 nitrogen and oxygen atoms in total. The maximum absolute atomic E-state index is 11.7. The van der Waals surface area contributed by atoms with Crippen LogP contribution in [0.1, 0.15) is 19.3 Å². The number of piperidine rings is 1. The van der Waals surface area contributed by atoms with Crippen LogP contribution in [0.2, 0.25) is 0 Å². The molecule has 2 rings (SSSR count). The van der Waals surface area contributed by atoms with Crippen molar-refractivity contribution < 1.29 is 4.79 Å². The molecule has 1 aliphatic heterocycles. The van der Waals surface area contributed by atoms with E-state index in [0.29, 0.717) is 18.9 Å². The zero-order chi connectivity index (χ0) is 11.9. The van der Waals surface area contributed by atoms with Gasteiger partial charge in [0, 0.05) is 31.9 Å². The standard InChI is InChI=1S/C12H20N4O/c17-12(8-11-2-1-3-13-9-11)15-5-7-16-6-4-14-10-16/h4,6,10-11,13H,1-3,5,7-9H2,(H,15,17). The molecule has 1 aliphatic rings. The number of carbonyl (C=O) groups is 1. The van der Waals surface area contributed by atoms with Gasteiger partial charge < -0.3 is 15.2 Å². The van der Waals surface area contributed by atoms with Crippen molar-refractivity contribution in [3.63, 3.8) is 0 Å². The van der Waals surface area contributed by atoms with Crippen molar-refractivity contribution in [3.05, 3.63) is 18.7 Å². The van der Waals surface area contributed by atoms with Crippen molar-refractivity contribution in [2.24, 2.45) is 5.92 Å². The average molecular weight is 236 g/mol.